The van der Waals surface area contributed by atoms with Gasteiger partial charge in [-0.1, -0.05) is 53.7 Å². The molecule has 34 heavy (non-hydrogen) atoms. The van der Waals surface area contributed by atoms with Crippen LogP contribution in [0.15, 0.2) is 93.2 Å². The number of aromatic nitrogens is 3. The first kappa shape index (κ1) is 22.3. The standard InChI is InChI=1S/C26H20ClN3O3S/c1-32-21-11-12-22-19(13-24(31)33-23(22)14-21)16-34-26-29-28-25(18-7-9-20(27)10-8-18)30(26)15-17-5-3-2-4-6-17/h2-14H,15-16H2,1H3. The van der Waals surface area contributed by atoms with Gasteiger partial charge in [-0.2, -0.15) is 0 Å². The van der Waals surface area contributed by atoms with Crippen LogP contribution in [0, 0.1) is 0 Å². The zero-order valence-electron chi connectivity index (χ0n) is 18.3. The molecule has 0 radical (unpaired) electrons. The number of benzene rings is 3. The van der Waals surface area contributed by atoms with Crippen molar-refractivity contribution in [1.29, 1.82) is 0 Å². The minimum Gasteiger partial charge on any atom is -0.497 e. The molecular formula is C26H20ClN3O3S. The van der Waals surface area contributed by atoms with E-state index in [0.29, 0.717) is 28.7 Å². The van der Waals surface area contributed by atoms with Crippen LogP contribution in [0.4, 0.5) is 0 Å². The van der Waals surface area contributed by atoms with Crippen molar-refractivity contribution >= 4 is 34.3 Å². The summed E-state index contributed by atoms with van der Waals surface area (Å²) in [5.74, 6) is 1.92. The monoisotopic (exact) mass is 489 g/mol. The lowest BCUT2D eigenvalue weighted by Gasteiger charge is -2.11. The van der Waals surface area contributed by atoms with Crippen LogP contribution in [0.1, 0.15) is 11.1 Å². The van der Waals surface area contributed by atoms with Crippen molar-refractivity contribution in [1.82, 2.24) is 14.8 Å². The van der Waals surface area contributed by atoms with Crippen molar-refractivity contribution in [3.8, 4) is 17.1 Å². The molecule has 8 heteroatoms. The summed E-state index contributed by atoms with van der Waals surface area (Å²) in [5, 5.41) is 11.2. The van der Waals surface area contributed by atoms with Crippen molar-refractivity contribution in [3.05, 3.63) is 105 Å². The van der Waals surface area contributed by atoms with Gasteiger partial charge in [0.05, 0.1) is 13.7 Å². The minimum atomic E-state index is -0.399. The summed E-state index contributed by atoms with van der Waals surface area (Å²) in [6.07, 6.45) is 0. The van der Waals surface area contributed by atoms with Crippen molar-refractivity contribution < 1.29 is 9.15 Å². The molecule has 0 amide bonds. The van der Waals surface area contributed by atoms with Gasteiger partial charge in [0.25, 0.3) is 0 Å². The lowest BCUT2D eigenvalue weighted by atomic mass is 10.1. The number of hydrogen-bond donors (Lipinski definition) is 0. The summed E-state index contributed by atoms with van der Waals surface area (Å²) in [6, 6.07) is 24.7. The van der Waals surface area contributed by atoms with E-state index in [2.05, 4.69) is 26.9 Å². The number of hydrogen-bond acceptors (Lipinski definition) is 6. The predicted octanol–water partition coefficient (Wildman–Crippen LogP) is 6.05. The Morgan fingerprint density at radius 3 is 2.56 bits per heavy atom. The van der Waals surface area contributed by atoms with E-state index in [4.69, 9.17) is 20.8 Å². The third-order valence-electron chi connectivity index (χ3n) is 5.40. The first-order valence-corrected chi connectivity index (χ1v) is 11.9. The molecule has 6 nitrogen and oxygen atoms in total. The Balaban J connectivity index is 1.50. The summed E-state index contributed by atoms with van der Waals surface area (Å²) < 4.78 is 12.7. The molecule has 170 valence electrons. The van der Waals surface area contributed by atoms with E-state index >= 15 is 0 Å². The number of ether oxygens (including phenoxy) is 1. The Morgan fingerprint density at radius 1 is 1.00 bits per heavy atom. The van der Waals surface area contributed by atoms with Crippen LogP contribution in [0.25, 0.3) is 22.4 Å². The molecule has 3 aromatic carbocycles. The van der Waals surface area contributed by atoms with E-state index in [1.807, 2.05) is 54.6 Å². The van der Waals surface area contributed by atoms with Gasteiger partial charge in [0.1, 0.15) is 11.3 Å². The fraction of sp³-hybridized carbons (Fsp3) is 0.115. The van der Waals surface area contributed by atoms with Crippen LogP contribution in [0.5, 0.6) is 5.75 Å². The molecule has 0 saturated heterocycles. The van der Waals surface area contributed by atoms with Crippen LogP contribution >= 0.6 is 23.4 Å². The van der Waals surface area contributed by atoms with E-state index in [-0.39, 0.29) is 0 Å². The van der Waals surface area contributed by atoms with Crippen LogP contribution in [0.2, 0.25) is 5.02 Å². The second kappa shape index (κ2) is 9.75. The number of fused-ring (bicyclic) bond motifs is 1. The van der Waals surface area contributed by atoms with Gasteiger partial charge in [-0.05, 0) is 47.5 Å². The summed E-state index contributed by atoms with van der Waals surface area (Å²) >= 11 is 7.61. The van der Waals surface area contributed by atoms with Crippen molar-refractivity contribution in [2.45, 2.75) is 17.5 Å². The van der Waals surface area contributed by atoms with Crippen molar-refractivity contribution in [2.75, 3.05) is 7.11 Å². The van der Waals surface area contributed by atoms with Gasteiger partial charge >= 0.3 is 5.63 Å². The molecular weight excluding hydrogens is 470 g/mol. The molecule has 2 heterocycles. The number of thioether (sulfide) groups is 1. The summed E-state index contributed by atoms with van der Waals surface area (Å²) in [7, 11) is 1.58. The fourth-order valence-electron chi connectivity index (χ4n) is 3.72. The normalized spacial score (nSPS) is 11.1. The number of methoxy groups -OCH3 is 1. The average Bonchev–Trinajstić information content (AvgIpc) is 3.25. The second-order valence-electron chi connectivity index (χ2n) is 7.63. The molecule has 0 saturated carbocycles. The van der Waals surface area contributed by atoms with Gasteiger partial charge < -0.3 is 9.15 Å². The lowest BCUT2D eigenvalue weighted by Crippen LogP contribution is -2.05. The highest BCUT2D eigenvalue weighted by Crippen LogP contribution is 2.30. The molecule has 2 aromatic heterocycles. The summed E-state index contributed by atoms with van der Waals surface area (Å²) in [5.41, 5.74) is 3.02. The van der Waals surface area contributed by atoms with Crippen LogP contribution in [-0.4, -0.2) is 21.9 Å². The fourth-order valence-corrected chi connectivity index (χ4v) is 4.77. The van der Waals surface area contributed by atoms with Crippen LogP contribution in [-0.2, 0) is 12.3 Å². The third-order valence-corrected chi connectivity index (χ3v) is 6.66. The molecule has 0 N–H and O–H groups in total. The van der Waals surface area contributed by atoms with Gasteiger partial charge in [0, 0.05) is 33.9 Å². The van der Waals surface area contributed by atoms with E-state index in [0.717, 1.165) is 33.1 Å². The highest BCUT2D eigenvalue weighted by Gasteiger charge is 2.16. The molecule has 0 aliphatic carbocycles. The molecule has 0 bridgehead atoms. The van der Waals surface area contributed by atoms with Gasteiger partial charge in [0.2, 0.25) is 0 Å². The van der Waals surface area contributed by atoms with Crippen LogP contribution in [0.3, 0.4) is 0 Å². The predicted molar refractivity (Wildman–Crippen MR) is 135 cm³/mol. The van der Waals surface area contributed by atoms with Crippen molar-refractivity contribution in [3.63, 3.8) is 0 Å². The average molecular weight is 490 g/mol. The molecule has 0 atom stereocenters. The molecule has 0 spiro atoms. The Labute approximate surface area is 205 Å². The Morgan fingerprint density at radius 2 is 1.79 bits per heavy atom. The quantitative estimate of drug-likeness (QED) is 0.204. The second-order valence-corrected chi connectivity index (χ2v) is 9.01. The molecule has 0 aliphatic rings. The maximum atomic E-state index is 12.2. The van der Waals surface area contributed by atoms with Gasteiger partial charge in [0.15, 0.2) is 11.0 Å². The lowest BCUT2D eigenvalue weighted by molar-refractivity contribution is 0.414. The van der Waals surface area contributed by atoms with E-state index in [9.17, 15) is 4.79 Å². The summed E-state index contributed by atoms with van der Waals surface area (Å²) in [4.78, 5) is 12.2. The van der Waals surface area contributed by atoms with Crippen LogP contribution < -0.4 is 10.4 Å². The number of nitrogens with zero attached hydrogens (tertiary/aromatic N) is 3. The smallest absolute Gasteiger partial charge is 0.336 e. The molecule has 0 unspecified atom stereocenters. The molecule has 5 rings (SSSR count). The maximum Gasteiger partial charge on any atom is 0.336 e. The largest absolute Gasteiger partial charge is 0.497 e. The minimum absolute atomic E-state index is 0.399. The third kappa shape index (κ3) is 4.71. The molecule has 0 aliphatic heterocycles. The Bertz CT molecular complexity index is 1500. The molecule has 5 aromatic rings. The summed E-state index contributed by atoms with van der Waals surface area (Å²) in [6.45, 7) is 0.614. The zero-order chi connectivity index (χ0) is 23.5. The van der Waals surface area contributed by atoms with Gasteiger partial charge in [-0.25, -0.2) is 4.79 Å². The zero-order valence-corrected chi connectivity index (χ0v) is 19.8. The maximum absolute atomic E-state index is 12.2. The Kier molecular flexibility index (Phi) is 6.38. The Hall–Kier alpha value is -3.55. The molecule has 0 fully saturated rings. The topological polar surface area (TPSA) is 70.2 Å². The first-order chi connectivity index (χ1) is 16.6. The van der Waals surface area contributed by atoms with Gasteiger partial charge in [-0.3, -0.25) is 4.57 Å². The highest BCUT2D eigenvalue weighted by molar-refractivity contribution is 7.98. The van der Waals surface area contributed by atoms with E-state index < -0.39 is 5.63 Å². The van der Waals surface area contributed by atoms with E-state index in [1.165, 1.54) is 17.8 Å². The number of rotatable bonds is 7. The first-order valence-electron chi connectivity index (χ1n) is 10.6. The van der Waals surface area contributed by atoms with E-state index in [1.54, 1.807) is 13.2 Å². The highest BCUT2D eigenvalue weighted by atomic mass is 35.5. The van der Waals surface area contributed by atoms with Crippen molar-refractivity contribution in [2.24, 2.45) is 0 Å². The number of halogens is 1. The van der Waals surface area contributed by atoms with Gasteiger partial charge in [-0.15, -0.1) is 10.2 Å². The SMILES string of the molecule is COc1ccc2c(CSc3nnc(-c4ccc(Cl)cc4)n3Cc3ccccc3)cc(=O)oc2c1.